The average molecular weight is 347 g/mol. The molecule has 0 aliphatic heterocycles. The molecule has 0 spiro atoms. The Kier molecular flexibility index (Phi) is 7.65. The quantitative estimate of drug-likeness (QED) is 0.531. The topological polar surface area (TPSA) is 72.2 Å². The molecule has 4 nitrogen and oxygen atoms in total. The maximum Gasteiger partial charge on any atom is 0.240 e. The first-order valence-electron chi connectivity index (χ1n) is 6.77. The SMILES string of the molecule is CSCCCCCNS(=O)(=O)c1ccc(C(N)=S)c(C)c1. The van der Waals surface area contributed by atoms with Crippen LogP contribution in [0.25, 0.3) is 0 Å². The van der Waals surface area contributed by atoms with Gasteiger partial charge in [-0.2, -0.15) is 11.8 Å². The van der Waals surface area contributed by atoms with E-state index in [-0.39, 0.29) is 9.88 Å². The van der Waals surface area contributed by atoms with Crippen LogP contribution in [-0.2, 0) is 10.0 Å². The summed E-state index contributed by atoms with van der Waals surface area (Å²) in [6.45, 7) is 2.27. The van der Waals surface area contributed by atoms with Gasteiger partial charge in [0.05, 0.1) is 4.90 Å². The summed E-state index contributed by atoms with van der Waals surface area (Å²) in [6, 6.07) is 4.80. The molecule has 0 aromatic heterocycles. The first-order valence-corrected chi connectivity index (χ1v) is 10.1. The van der Waals surface area contributed by atoms with Crippen molar-refractivity contribution in [2.75, 3.05) is 18.6 Å². The number of sulfonamides is 1. The smallest absolute Gasteiger partial charge is 0.240 e. The molecule has 0 amide bonds. The maximum atomic E-state index is 12.2. The van der Waals surface area contributed by atoms with Gasteiger partial charge in [-0.15, -0.1) is 0 Å². The first kappa shape index (κ1) is 18.4. The van der Waals surface area contributed by atoms with Gasteiger partial charge in [0.2, 0.25) is 10.0 Å². The van der Waals surface area contributed by atoms with Crippen molar-refractivity contribution >= 4 is 39.0 Å². The van der Waals surface area contributed by atoms with E-state index >= 15 is 0 Å². The van der Waals surface area contributed by atoms with Crippen molar-refractivity contribution < 1.29 is 8.42 Å². The normalized spacial score (nSPS) is 11.5. The minimum Gasteiger partial charge on any atom is -0.389 e. The molecule has 0 heterocycles. The van der Waals surface area contributed by atoms with E-state index in [1.165, 1.54) is 6.07 Å². The van der Waals surface area contributed by atoms with Gasteiger partial charge in [-0.3, -0.25) is 0 Å². The summed E-state index contributed by atoms with van der Waals surface area (Å²) in [5.74, 6) is 1.12. The number of hydrogen-bond acceptors (Lipinski definition) is 4. The Morgan fingerprint density at radius 1 is 1.33 bits per heavy atom. The zero-order valence-corrected chi connectivity index (χ0v) is 14.8. The third-order valence-electron chi connectivity index (χ3n) is 3.09. The lowest BCUT2D eigenvalue weighted by Crippen LogP contribution is -2.25. The van der Waals surface area contributed by atoms with Gasteiger partial charge >= 0.3 is 0 Å². The van der Waals surface area contributed by atoms with Crippen LogP contribution in [0, 0.1) is 6.92 Å². The Bertz CT molecular complexity index is 586. The van der Waals surface area contributed by atoms with E-state index in [0.29, 0.717) is 12.1 Å². The molecule has 1 aromatic rings. The van der Waals surface area contributed by atoms with E-state index < -0.39 is 10.0 Å². The predicted molar refractivity (Wildman–Crippen MR) is 94.5 cm³/mol. The lowest BCUT2D eigenvalue weighted by Gasteiger charge is -2.09. The Labute approximate surface area is 136 Å². The maximum absolute atomic E-state index is 12.2. The number of thioether (sulfide) groups is 1. The summed E-state index contributed by atoms with van der Waals surface area (Å²) in [7, 11) is -3.46. The zero-order valence-electron chi connectivity index (χ0n) is 12.4. The fourth-order valence-corrected chi connectivity index (χ4v) is 3.80. The molecule has 0 aliphatic rings. The van der Waals surface area contributed by atoms with Crippen molar-refractivity contribution in [3.8, 4) is 0 Å². The van der Waals surface area contributed by atoms with Crippen LogP contribution in [0.4, 0.5) is 0 Å². The van der Waals surface area contributed by atoms with Gasteiger partial charge in [0.1, 0.15) is 4.99 Å². The predicted octanol–water partition coefficient (Wildman–Crippen LogP) is 2.44. The van der Waals surface area contributed by atoms with E-state index in [9.17, 15) is 8.42 Å². The molecule has 7 heteroatoms. The van der Waals surface area contributed by atoms with Crippen molar-refractivity contribution in [2.24, 2.45) is 5.73 Å². The Morgan fingerprint density at radius 2 is 2.05 bits per heavy atom. The van der Waals surface area contributed by atoms with E-state index in [1.54, 1.807) is 19.1 Å². The molecule has 0 bridgehead atoms. The summed E-state index contributed by atoms with van der Waals surface area (Å²) >= 11 is 6.73. The average Bonchev–Trinajstić information content (AvgIpc) is 2.42. The Hall–Kier alpha value is -0.630. The molecule has 1 aromatic carbocycles. The highest BCUT2D eigenvalue weighted by Crippen LogP contribution is 2.15. The molecule has 0 unspecified atom stereocenters. The van der Waals surface area contributed by atoms with Gasteiger partial charge < -0.3 is 5.73 Å². The van der Waals surface area contributed by atoms with Gasteiger partial charge in [0.25, 0.3) is 0 Å². The van der Waals surface area contributed by atoms with Crippen LogP contribution in [0.15, 0.2) is 23.1 Å². The second kappa shape index (κ2) is 8.73. The second-order valence-corrected chi connectivity index (χ2v) is 7.98. The number of aryl methyl sites for hydroxylation is 1. The van der Waals surface area contributed by atoms with Crippen molar-refractivity contribution in [1.29, 1.82) is 0 Å². The first-order chi connectivity index (χ1) is 9.88. The van der Waals surface area contributed by atoms with E-state index in [1.807, 2.05) is 11.8 Å². The van der Waals surface area contributed by atoms with Crippen molar-refractivity contribution in [2.45, 2.75) is 31.1 Å². The molecule has 1 rings (SSSR count). The van der Waals surface area contributed by atoms with Gasteiger partial charge in [-0.1, -0.05) is 24.7 Å². The fraction of sp³-hybridized carbons (Fsp3) is 0.500. The van der Waals surface area contributed by atoms with Crippen LogP contribution in [0.3, 0.4) is 0 Å². The molecule has 3 N–H and O–H groups in total. The number of thiocarbonyl (C=S) groups is 1. The highest BCUT2D eigenvalue weighted by molar-refractivity contribution is 7.98. The number of benzene rings is 1. The van der Waals surface area contributed by atoms with Crippen LogP contribution in [-0.4, -0.2) is 32.0 Å². The molecule has 118 valence electrons. The minimum atomic E-state index is -3.46. The lowest BCUT2D eigenvalue weighted by atomic mass is 10.1. The Balaban J connectivity index is 2.62. The monoisotopic (exact) mass is 346 g/mol. The third-order valence-corrected chi connectivity index (χ3v) is 5.47. The van der Waals surface area contributed by atoms with Crippen LogP contribution in [0.2, 0.25) is 0 Å². The minimum absolute atomic E-state index is 0.254. The van der Waals surface area contributed by atoms with E-state index in [0.717, 1.165) is 30.6 Å². The van der Waals surface area contributed by atoms with Crippen molar-refractivity contribution in [3.05, 3.63) is 29.3 Å². The molecular weight excluding hydrogens is 324 g/mol. The van der Waals surface area contributed by atoms with E-state index in [2.05, 4.69) is 11.0 Å². The van der Waals surface area contributed by atoms with Gasteiger partial charge in [0.15, 0.2) is 0 Å². The van der Waals surface area contributed by atoms with Crippen LogP contribution in [0.5, 0.6) is 0 Å². The van der Waals surface area contributed by atoms with Gasteiger partial charge in [-0.25, -0.2) is 13.1 Å². The van der Waals surface area contributed by atoms with Gasteiger partial charge in [-0.05, 0) is 49.5 Å². The van der Waals surface area contributed by atoms with Crippen LogP contribution in [0.1, 0.15) is 30.4 Å². The standard InChI is InChI=1S/C14H22N2O2S3/c1-11-10-12(6-7-13(11)14(15)19)21(17,18)16-8-4-3-5-9-20-2/h6-7,10,16H,3-5,8-9H2,1-2H3,(H2,15,19). The number of hydrogen-bond donors (Lipinski definition) is 2. The highest BCUT2D eigenvalue weighted by Gasteiger charge is 2.14. The molecule has 0 aliphatic carbocycles. The van der Waals surface area contributed by atoms with E-state index in [4.69, 9.17) is 18.0 Å². The zero-order chi connectivity index (χ0) is 15.9. The van der Waals surface area contributed by atoms with Crippen LogP contribution >= 0.6 is 24.0 Å². The number of nitrogens with one attached hydrogen (secondary N) is 1. The summed E-state index contributed by atoms with van der Waals surface area (Å²) in [6.07, 6.45) is 5.07. The number of nitrogens with two attached hydrogens (primary N) is 1. The largest absolute Gasteiger partial charge is 0.389 e. The molecule has 0 saturated heterocycles. The molecule has 0 fully saturated rings. The molecule has 0 saturated carbocycles. The lowest BCUT2D eigenvalue weighted by molar-refractivity contribution is 0.576. The number of unbranched alkanes of at least 4 members (excludes halogenated alkanes) is 2. The molecule has 21 heavy (non-hydrogen) atoms. The van der Waals surface area contributed by atoms with Gasteiger partial charge in [0, 0.05) is 12.1 Å². The summed E-state index contributed by atoms with van der Waals surface area (Å²) in [5, 5.41) is 0. The fourth-order valence-electron chi connectivity index (χ4n) is 1.92. The molecule has 0 radical (unpaired) electrons. The number of rotatable bonds is 9. The van der Waals surface area contributed by atoms with Crippen LogP contribution < -0.4 is 10.5 Å². The van der Waals surface area contributed by atoms with Crippen molar-refractivity contribution in [3.63, 3.8) is 0 Å². The Morgan fingerprint density at radius 3 is 2.62 bits per heavy atom. The van der Waals surface area contributed by atoms with Crippen molar-refractivity contribution in [1.82, 2.24) is 4.72 Å². The summed E-state index contributed by atoms with van der Waals surface area (Å²) in [5.41, 5.74) is 7.05. The third kappa shape index (κ3) is 5.94. The summed E-state index contributed by atoms with van der Waals surface area (Å²) < 4.78 is 27.0. The second-order valence-electron chi connectivity index (χ2n) is 4.79. The molecular formula is C14H22N2O2S3. The summed E-state index contributed by atoms with van der Waals surface area (Å²) in [4.78, 5) is 0.530. The molecule has 0 atom stereocenters. The highest BCUT2D eigenvalue weighted by atomic mass is 32.2.